The number of hydrogen-bond acceptors (Lipinski definition) is 6. The molecule has 0 aromatic heterocycles. The van der Waals surface area contributed by atoms with E-state index in [1.807, 2.05) is 24.3 Å². The summed E-state index contributed by atoms with van der Waals surface area (Å²) in [5, 5.41) is 21.9. The van der Waals surface area contributed by atoms with Crippen molar-refractivity contribution in [1.82, 2.24) is 0 Å². The number of fused-ring (bicyclic) bond motifs is 2. The second-order valence-corrected chi connectivity index (χ2v) is 9.85. The van der Waals surface area contributed by atoms with Crippen LogP contribution in [0.2, 0.25) is 0 Å². The number of hydrogen-bond donors (Lipinski definition) is 2. The van der Waals surface area contributed by atoms with Gasteiger partial charge >= 0.3 is 26.2 Å². The molecule has 232 valence electrons. The largest absolute Gasteiger partial charge is 2.00 e. The average Bonchev–Trinajstić information content (AvgIpc) is 3.64. The van der Waals surface area contributed by atoms with Crippen LogP contribution in [0.25, 0.3) is 21.5 Å². The van der Waals surface area contributed by atoms with Crippen LogP contribution in [-0.4, -0.2) is 38.7 Å². The Morgan fingerprint density at radius 1 is 0.511 bits per heavy atom. The van der Waals surface area contributed by atoms with E-state index in [9.17, 15) is 8.78 Å². The standard InChI is InChI=1S/C24H24O4.2C6H5FO.Zr/c1-25-21-11-17-7-15(8-18(17)12-22(21)26-2)5-6-16-9-19-13-23(27-3)24(28-4)14-20(19)10-16;2*7-5-1-3-6(8)4-2-5;/h7-14H,5-6H2,1-4H3;2*1-4,8H;/q-2;;;+2. The summed E-state index contributed by atoms with van der Waals surface area (Å²) < 4.78 is 45.6. The van der Waals surface area contributed by atoms with Gasteiger partial charge in [0.15, 0.2) is 0 Å². The van der Waals surface area contributed by atoms with Gasteiger partial charge in [0.25, 0.3) is 0 Å². The van der Waals surface area contributed by atoms with Gasteiger partial charge in [-0.2, -0.15) is 12.1 Å². The number of aromatic hydroxyl groups is 2. The Kier molecular flexibility index (Phi) is 13.0. The molecule has 6 aromatic carbocycles. The second-order valence-electron chi connectivity index (χ2n) is 9.85. The van der Waals surface area contributed by atoms with Gasteiger partial charge < -0.3 is 29.2 Å². The molecule has 0 fully saturated rings. The molecule has 6 nitrogen and oxygen atoms in total. The van der Waals surface area contributed by atoms with E-state index >= 15 is 0 Å². The molecule has 0 aliphatic carbocycles. The number of ether oxygens (including phenoxy) is 4. The topological polar surface area (TPSA) is 77.4 Å². The average molecular weight is 692 g/mol. The molecule has 0 radical (unpaired) electrons. The molecule has 0 saturated heterocycles. The van der Waals surface area contributed by atoms with Crippen LogP contribution in [-0.2, 0) is 39.0 Å². The SMILES string of the molecule is COc1cc2cc(CCc3cc4cc(OC)c(OC)cc4[cH-]3)[cH-]c2cc1OC.Oc1ccc(F)cc1.Oc1ccc(F)cc1.[Zr+2]. The van der Waals surface area contributed by atoms with Gasteiger partial charge in [0, 0.05) is 0 Å². The van der Waals surface area contributed by atoms with Crippen molar-refractivity contribution in [3.8, 4) is 34.5 Å². The van der Waals surface area contributed by atoms with Crippen LogP contribution in [0.4, 0.5) is 8.78 Å². The molecular formula is C36H34F2O6Zr. The summed E-state index contributed by atoms with van der Waals surface area (Å²) in [7, 11) is 6.66. The summed E-state index contributed by atoms with van der Waals surface area (Å²) in [6.45, 7) is 0. The Hall–Kier alpha value is -4.36. The first kappa shape index (κ1) is 35.1. The number of aryl methyl sites for hydroxylation is 2. The molecule has 0 saturated carbocycles. The van der Waals surface area contributed by atoms with Crippen molar-refractivity contribution >= 4 is 21.5 Å². The van der Waals surface area contributed by atoms with Crippen molar-refractivity contribution < 1.29 is 64.1 Å². The minimum atomic E-state index is -0.331. The Balaban J connectivity index is 0.000000265. The Bertz CT molecular complexity index is 1540. The van der Waals surface area contributed by atoms with Crippen LogP contribution in [0.3, 0.4) is 0 Å². The summed E-state index contributed by atoms with van der Waals surface area (Å²) in [4.78, 5) is 0. The van der Waals surface area contributed by atoms with Crippen LogP contribution in [0, 0.1) is 11.6 Å². The predicted molar refractivity (Wildman–Crippen MR) is 169 cm³/mol. The molecule has 6 aromatic rings. The van der Waals surface area contributed by atoms with Gasteiger partial charge in [-0.1, -0.05) is 24.3 Å². The first-order valence-corrected chi connectivity index (χ1v) is 13.7. The van der Waals surface area contributed by atoms with Crippen molar-refractivity contribution in [2.75, 3.05) is 28.4 Å². The minimum absolute atomic E-state index is 0. The predicted octanol–water partition coefficient (Wildman–Crippen LogP) is 8.31. The third kappa shape index (κ3) is 9.56. The molecular weight excluding hydrogens is 658 g/mol. The normalized spacial score (nSPS) is 10.2. The van der Waals surface area contributed by atoms with Crippen molar-refractivity contribution in [2.45, 2.75) is 12.8 Å². The maximum Gasteiger partial charge on any atom is 2.00 e. The van der Waals surface area contributed by atoms with Gasteiger partial charge in [-0.15, -0.1) is 44.8 Å². The zero-order valence-electron chi connectivity index (χ0n) is 25.4. The van der Waals surface area contributed by atoms with Crippen molar-refractivity contribution in [2.24, 2.45) is 0 Å². The van der Waals surface area contributed by atoms with E-state index in [0.717, 1.165) is 35.8 Å². The van der Waals surface area contributed by atoms with E-state index < -0.39 is 0 Å². The van der Waals surface area contributed by atoms with Gasteiger partial charge in [-0.05, 0) is 61.4 Å². The van der Waals surface area contributed by atoms with E-state index in [1.165, 1.54) is 81.2 Å². The van der Waals surface area contributed by atoms with Crippen LogP contribution in [0.5, 0.6) is 34.5 Å². The maximum absolute atomic E-state index is 12.0. The van der Waals surface area contributed by atoms with Crippen molar-refractivity contribution in [3.05, 3.63) is 120 Å². The van der Waals surface area contributed by atoms with Crippen LogP contribution in [0.15, 0.2) is 97.1 Å². The van der Waals surface area contributed by atoms with E-state index in [-0.39, 0.29) is 49.3 Å². The number of phenolic OH excluding ortho intramolecular Hbond substituents is 2. The molecule has 0 amide bonds. The monoisotopic (exact) mass is 690 g/mol. The van der Waals surface area contributed by atoms with Gasteiger partial charge in [0.2, 0.25) is 0 Å². The molecule has 0 atom stereocenters. The Labute approximate surface area is 280 Å². The van der Waals surface area contributed by atoms with Gasteiger partial charge in [0.1, 0.15) is 46.1 Å². The smallest absolute Gasteiger partial charge is 0.508 e. The van der Waals surface area contributed by atoms with Crippen LogP contribution >= 0.6 is 0 Å². The van der Waals surface area contributed by atoms with E-state index in [2.05, 4.69) is 24.3 Å². The molecule has 45 heavy (non-hydrogen) atoms. The molecule has 0 bridgehead atoms. The van der Waals surface area contributed by atoms with Gasteiger partial charge in [0.05, 0.1) is 28.4 Å². The molecule has 9 heteroatoms. The summed E-state index contributed by atoms with van der Waals surface area (Å²) in [5.41, 5.74) is 2.62. The minimum Gasteiger partial charge on any atom is -0.508 e. The Morgan fingerprint density at radius 2 is 0.822 bits per heavy atom. The molecule has 2 N–H and O–H groups in total. The quantitative estimate of drug-likeness (QED) is 0.164. The molecule has 0 spiro atoms. The number of halogens is 2. The zero-order chi connectivity index (χ0) is 31.6. The number of rotatable bonds is 7. The van der Waals surface area contributed by atoms with E-state index in [4.69, 9.17) is 29.2 Å². The van der Waals surface area contributed by atoms with Crippen molar-refractivity contribution in [1.29, 1.82) is 0 Å². The molecule has 0 unspecified atom stereocenters. The zero-order valence-corrected chi connectivity index (χ0v) is 27.9. The first-order chi connectivity index (χ1) is 21.2. The second kappa shape index (κ2) is 16.6. The maximum atomic E-state index is 12.0. The number of benzene rings is 4. The third-order valence-corrected chi connectivity index (χ3v) is 6.90. The molecule has 6 rings (SSSR count). The van der Waals surface area contributed by atoms with Gasteiger partial charge in [-0.3, -0.25) is 0 Å². The number of phenols is 2. The Morgan fingerprint density at radius 3 is 1.11 bits per heavy atom. The summed E-state index contributed by atoms with van der Waals surface area (Å²) in [5.74, 6) is 2.56. The summed E-state index contributed by atoms with van der Waals surface area (Å²) >= 11 is 0. The number of methoxy groups -OCH3 is 4. The molecule has 0 aliphatic rings. The fourth-order valence-electron chi connectivity index (χ4n) is 4.66. The van der Waals surface area contributed by atoms with Crippen LogP contribution in [0.1, 0.15) is 11.1 Å². The third-order valence-electron chi connectivity index (χ3n) is 6.90. The van der Waals surface area contributed by atoms with Crippen molar-refractivity contribution in [3.63, 3.8) is 0 Å². The van der Waals surface area contributed by atoms with E-state index in [1.54, 1.807) is 28.4 Å². The summed E-state index contributed by atoms with van der Waals surface area (Å²) in [6.07, 6.45) is 1.95. The molecule has 0 aliphatic heterocycles. The first-order valence-electron chi connectivity index (χ1n) is 13.7. The van der Waals surface area contributed by atoms with Gasteiger partial charge in [-0.25, -0.2) is 8.78 Å². The summed E-state index contributed by atoms with van der Waals surface area (Å²) in [6, 6.07) is 27.1. The van der Waals surface area contributed by atoms with E-state index in [0.29, 0.717) is 0 Å². The fraction of sp³-hybridized carbons (Fsp3) is 0.167. The fourth-order valence-corrected chi connectivity index (χ4v) is 4.66. The molecule has 0 heterocycles. The van der Waals surface area contributed by atoms with Crippen LogP contribution < -0.4 is 18.9 Å².